The number of alkyl halides is 3. The molecule has 0 atom stereocenters. The van der Waals surface area contributed by atoms with Crippen LogP contribution in [0.15, 0.2) is 54.6 Å². The number of anilines is 1. The molecule has 1 amide bonds. The van der Waals surface area contributed by atoms with Crippen molar-refractivity contribution in [2.45, 2.75) is 13.1 Å². The number of benzene rings is 2. The Kier molecular flexibility index (Phi) is 5.26. The first-order chi connectivity index (χ1) is 11.7. The van der Waals surface area contributed by atoms with E-state index in [9.17, 15) is 27.9 Å². The summed E-state index contributed by atoms with van der Waals surface area (Å²) in [5, 5.41) is 12.4. The summed E-state index contributed by atoms with van der Waals surface area (Å²) >= 11 is 0. The highest BCUT2D eigenvalue weighted by Crippen LogP contribution is 2.22. The van der Waals surface area contributed by atoms with E-state index in [0.717, 1.165) is 0 Å². The summed E-state index contributed by atoms with van der Waals surface area (Å²) in [6, 6.07) is 12.7. The highest BCUT2D eigenvalue weighted by Gasteiger charge is 2.37. The maximum absolute atomic E-state index is 12.2. The number of hydrogen-bond donors (Lipinski definition) is 2. The summed E-state index contributed by atoms with van der Waals surface area (Å²) < 4.78 is 36.7. The maximum atomic E-state index is 12.2. The Balaban J connectivity index is 2.22. The minimum atomic E-state index is -5.06. The van der Waals surface area contributed by atoms with Crippen LogP contribution in [-0.2, 0) is 4.79 Å². The zero-order valence-electron chi connectivity index (χ0n) is 13.1. The second kappa shape index (κ2) is 7.21. The van der Waals surface area contributed by atoms with Crippen LogP contribution in [0, 0.1) is 6.92 Å². The van der Waals surface area contributed by atoms with E-state index in [4.69, 9.17) is 0 Å². The van der Waals surface area contributed by atoms with E-state index in [1.807, 2.05) is 0 Å². The Morgan fingerprint density at radius 1 is 1.08 bits per heavy atom. The van der Waals surface area contributed by atoms with E-state index in [-0.39, 0.29) is 11.6 Å². The number of rotatable bonds is 4. The molecule has 2 aromatic rings. The highest BCUT2D eigenvalue weighted by molar-refractivity contribution is 6.05. The lowest BCUT2D eigenvalue weighted by Crippen LogP contribution is -2.20. The van der Waals surface area contributed by atoms with Gasteiger partial charge in [0.2, 0.25) is 0 Å². The van der Waals surface area contributed by atoms with Crippen LogP contribution in [0.3, 0.4) is 0 Å². The lowest BCUT2D eigenvalue weighted by atomic mass is 10.0. The van der Waals surface area contributed by atoms with Gasteiger partial charge in [0.25, 0.3) is 11.7 Å². The number of aryl methyl sites for hydroxylation is 1. The number of nitrogens with one attached hydrogen (secondary N) is 1. The predicted octanol–water partition coefficient (Wildman–Crippen LogP) is 4.28. The van der Waals surface area contributed by atoms with Gasteiger partial charge in [0.05, 0.1) is 0 Å². The molecule has 4 nitrogen and oxygen atoms in total. The molecule has 0 aliphatic rings. The van der Waals surface area contributed by atoms with Crippen LogP contribution in [-0.4, -0.2) is 23.0 Å². The molecule has 0 unspecified atom stereocenters. The van der Waals surface area contributed by atoms with Gasteiger partial charge in [-0.2, -0.15) is 13.2 Å². The lowest BCUT2D eigenvalue weighted by Gasteiger charge is -2.09. The number of aliphatic hydroxyl groups excluding tert-OH is 1. The van der Waals surface area contributed by atoms with Crippen molar-refractivity contribution in [1.29, 1.82) is 0 Å². The van der Waals surface area contributed by atoms with Gasteiger partial charge in [-0.25, -0.2) is 0 Å². The summed E-state index contributed by atoms with van der Waals surface area (Å²) in [5.74, 6) is -3.38. The number of ketones is 1. The zero-order chi connectivity index (χ0) is 18.6. The number of carbonyl (C=O) groups excluding carboxylic acids is 2. The first kappa shape index (κ1) is 18.3. The van der Waals surface area contributed by atoms with Gasteiger partial charge >= 0.3 is 6.18 Å². The standard InChI is InChI=1S/C18H14F3NO3/c1-11-9-12(15(23)10-16(24)18(19,20)21)7-8-14(11)17(25)22-13-5-3-2-4-6-13/h2-10,23H,1H3,(H,22,25). The molecule has 0 aliphatic heterocycles. The Morgan fingerprint density at radius 3 is 2.28 bits per heavy atom. The van der Waals surface area contributed by atoms with Gasteiger partial charge in [0, 0.05) is 22.9 Å². The molecule has 0 spiro atoms. The third-order valence-electron chi connectivity index (χ3n) is 3.35. The molecule has 0 aromatic heterocycles. The zero-order valence-corrected chi connectivity index (χ0v) is 13.1. The van der Waals surface area contributed by atoms with E-state index in [2.05, 4.69) is 5.32 Å². The third-order valence-corrected chi connectivity index (χ3v) is 3.35. The van der Waals surface area contributed by atoms with E-state index in [0.29, 0.717) is 16.8 Å². The van der Waals surface area contributed by atoms with Crippen molar-refractivity contribution >= 4 is 23.1 Å². The van der Waals surface area contributed by atoms with E-state index >= 15 is 0 Å². The molecule has 0 bridgehead atoms. The largest absolute Gasteiger partial charge is 0.507 e. The average molecular weight is 349 g/mol. The van der Waals surface area contributed by atoms with E-state index in [1.54, 1.807) is 37.3 Å². The maximum Gasteiger partial charge on any atom is 0.454 e. The van der Waals surface area contributed by atoms with Crippen molar-refractivity contribution in [1.82, 2.24) is 0 Å². The number of amides is 1. The summed E-state index contributed by atoms with van der Waals surface area (Å²) in [6.45, 7) is 1.57. The summed E-state index contributed by atoms with van der Waals surface area (Å²) in [6.07, 6.45) is -4.95. The van der Waals surface area contributed by atoms with Crippen molar-refractivity contribution in [3.63, 3.8) is 0 Å². The quantitative estimate of drug-likeness (QED) is 0.640. The van der Waals surface area contributed by atoms with Gasteiger partial charge in [-0.15, -0.1) is 0 Å². The molecule has 0 heterocycles. The second-order valence-electron chi connectivity index (χ2n) is 5.24. The van der Waals surface area contributed by atoms with Crippen LogP contribution in [0.25, 0.3) is 5.76 Å². The van der Waals surface area contributed by atoms with Crippen molar-refractivity contribution in [3.8, 4) is 0 Å². The van der Waals surface area contributed by atoms with Gasteiger partial charge in [-0.1, -0.05) is 24.3 Å². The minimum Gasteiger partial charge on any atom is -0.507 e. The molecule has 2 aromatic carbocycles. The molecule has 0 aliphatic carbocycles. The minimum absolute atomic E-state index is 0.00589. The van der Waals surface area contributed by atoms with Crippen molar-refractivity contribution in [2.24, 2.45) is 0 Å². The molecular weight excluding hydrogens is 335 g/mol. The Bertz CT molecular complexity index is 827. The summed E-state index contributed by atoms with van der Waals surface area (Å²) in [5.41, 5.74) is 1.33. The normalized spacial score (nSPS) is 11.9. The second-order valence-corrected chi connectivity index (χ2v) is 5.24. The third kappa shape index (κ3) is 4.69. The highest BCUT2D eigenvalue weighted by atomic mass is 19.4. The first-order valence-corrected chi connectivity index (χ1v) is 7.17. The number of allylic oxidation sites excluding steroid dienone is 1. The van der Waals surface area contributed by atoms with Crippen LogP contribution in [0.5, 0.6) is 0 Å². The molecule has 0 saturated heterocycles. The number of para-hydroxylation sites is 1. The molecule has 130 valence electrons. The Hall–Kier alpha value is -3.09. The Labute approximate surface area is 141 Å². The van der Waals surface area contributed by atoms with Gasteiger partial charge in [0.15, 0.2) is 0 Å². The van der Waals surface area contributed by atoms with Crippen molar-refractivity contribution < 1.29 is 27.9 Å². The Morgan fingerprint density at radius 2 is 1.72 bits per heavy atom. The first-order valence-electron chi connectivity index (χ1n) is 7.17. The van der Waals surface area contributed by atoms with E-state index < -0.39 is 23.6 Å². The van der Waals surface area contributed by atoms with Crippen molar-refractivity contribution in [3.05, 3.63) is 71.3 Å². The van der Waals surface area contributed by atoms with Gasteiger partial charge in [-0.05, 0) is 36.8 Å². The van der Waals surface area contributed by atoms with Crippen LogP contribution in [0.1, 0.15) is 21.5 Å². The van der Waals surface area contributed by atoms with Crippen LogP contribution < -0.4 is 5.32 Å². The van der Waals surface area contributed by atoms with Gasteiger partial charge < -0.3 is 10.4 Å². The fourth-order valence-electron chi connectivity index (χ4n) is 2.09. The monoisotopic (exact) mass is 349 g/mol. The molecule has 2 rings (SSSR count). The summed E-state index contributed by atoms with van der Waals surface area (Å²) in [4.78, 5) is 23.1. The molecule has 0 fully saturated rings. The van der Waals surface area contributed by atoms with E-state index in [1.165, 1.54) is 18.2 Å². The van der Waals surface area contributed by atoms with Crippen LogP contribution in [0.2, 0.25) is 0 Å². The number of halogens is 3. The molecule has 0 radical (unpaired) electrons. The van der Waals surface area contributed by atoms with Crippen molar-refractivity contribution in [2.75, 3.05) is 5.32 Å². The predicted molar refractivity (Wildman–Crippen MR) is 87.2 cm³/mol. The van der Waals surface area contributed by atoms with Gasteiger partial charge in [0.1, 0.15) is 5.76 Å². The van der Waals surface area contributed by atoms with Gasteiger partial charge in [-0.3, -0.25) is 9.59 Å². The average Bonchev–Trinajstić information content (AvgIpc) is 2.54. The lowest BCUT2D eigenvalue weighted by molar-refractivity contribution is -0.165. The topological polar surface area (TPSA) is 66.4 Å². The number of aliphatic hydroxyl groups is 1. The number of carbonyl (C=O) groups is 2. The molecule has 2 N–H and O–H groups in total. The fraction of sp³-hybridized carbons (Fsp3) is 0.111. The molecule has 0 saturated carbocycles. The molecule has 7 heteroatoms. The van der Waals surface area contributed by atoms with Crippen LogP contribution >= 0.6 is 0 Å². The SMILES string of the molecule is Cc1cc(C(O)=CC(=O)C(F)(F)F)ccc1C(=O)Nc1ccccc1. The molecular formula is C18H14F3NO3. The smallest absolute Gasteiger partial charge is 0.454 e. The molecule has 25 heavy (non-hydrogen) atoms. The number of hydrogen-bond acceptors (Lipinski definition) is 3. The van der Waals surface area contributed by atoms with Crippen LogP contribution in [0.4, 0.5) is 18.9 Å². The summed E-state index contributed by atoms with van der Waals surface area (Å²) in [7, 11) is 0. The fourth-order valence-corrected chi connectivity index (χ4v) is 2.09.